The van der Waals surface area contributed by atoms with Gasteiger partial charge in [0, 0.05) is 12.1 Å². The minimum atomic E-state index is -0.279. The number of hydrogen-bond acceptors (Lipinski definition) is 3. The van der Waals surface area contributed by atoms with Crippen LogP contribution in [-0.2, 0) is 0 Å². The van der Waals surface area contributed by atoms with Gasteiger partial charge in [-0.15, -0.1) is 11.6 Å². The van der Waals surface area contributed by atoms with Crippen LogP contribution in [0.25, 0.3) is 21.8 Å². The number of nitrogens with zero attached hydrogens (tertiary/aromatic N) is 2. The van der Waals surface area contributed by atoms with Gasteiger partial charge in [-0.1, -0.05) is 42.5 Å². The summed E-state index contributed by atoms with van der Waals surface area (Å²) in [5, 5.41) is 5.27. The number of aromatic nitrogens is 2. The van der Waals surface area contributed by atoms with Crippen LogP contribution in [0.15, 0.2) is 71.7 Å². The van der Waals surface area contributed by atoms with E-state index >= 15 is 0 Å². The zero-order valence-corrected chi connectivity index (χ0v) is 17.8. The fourth-order valence-corrected chi connectivity index (χ4v) is 3.63. The van der Waals surface area contributed by atoms with Crippen LogP contribution >= 0.6 is 11.6 Å². The average molecular weight is 434 g/mol. The minimum absolute atomic E-state index is 0.139. The molecule has 0 spiro atoms. The van der Waals surface area contributed by atoms with Gasteiger partial charge in [-0.05, 0) is 47.9 Å². The largest absolute Gasteiger partial charge is 0.386 e. The molecular weight excluding hydrogens is 410 g/mol. The number of hydrogen-bond donors (Lipinski definition) is 3. The van der Waals surface area contributed by atoms with E-state index in [1.807, 2.05) is 66.7 Å². The number of imidazole rings is 1. The van der Waals surface area contributed by atoms with E-state index in [0.717, 1.165) is 34.1 Å². The fourth-order valence-electron chi connectivity index (χ4n) is 3.55. The summed E-state index contributed by atoms with van der Waals surface area (Å²) in [6.07, 6.45) is 1.40. The molecule has 1 aromatic heterocycles. The molecule has 0 aliphatic heterocycles. The number of nitrogens with two attached hydrogens (primary N) is 1. The normalized spacial score (nSPS) is 12.9. The first-order valence-corrected chi connectivity index (χ1v) is 10.8. The van der Waals surface area contributed by atoms with Crippen molar-refractivity contribution in [2.24, 2.45) is 10.7 Å². The lowest BCUT2D eigenvalue weighted by Gasteiger charge is -2.17. The zero-order valence-electron chi connectivity index (χ0n) is 17.0. The van der Waals surface area contributed by atoms with Crippen LogP contribution in [0.2, 0.25) is 0 Å². The maximum atomic E-state index is 13.1. The summed E-state index contributed by atoms with van der Waals surface area (Å²) < 4.78 is 0. The number of rotatable bonds is 8. The molecule has 0 aliphatic rings. The summed E-state index contributed by atoms with van der Waals surface area (Å²) in [6, 6.07) is 21.2. The van der Waals surface area contributed by atoms with Crippen LogP contribution in [0.3, 0.4) is 0 Å². The lowest BCUT2D eigenvalue weighted by atomic mass is 10.1. The van der Waals surface area contributed by atoms with Crippen molar-refractivity contribution in [3.63, 3.8) is 0 Å². The van der Waals surface area contributed by atoms with E-state index in [9.17, 15) is 4.79 Å². The number of H-pyrrole nitrogens is 1. The van der Waals surface area contributed by atoms with E-state index in [-0.39, 0.29) is 17.8 Å². The summed E-state index contributed by atoms with van der Waals surface area (Å²) in [5.41, 5.74) is 8.10. The number of aliphatic imine (C=N–C) groups is 1. The van der Waals surface area contributed by atoms with Crippen molar-refractivity contribution in [2.75, 3.05) is 12.4 Å². The summed E-state index contributed by atoms with van der Waals surface area (Å²) in [7, 11) is 0. The van der Waals surface area contributed by atoms with Crippen molar-refractivity contribution in [2.45, 2.75) is 18.9 Å². The third kappa shape index (κ3) is 5.03. The number of alkyl halides is 1. The van der Waals surface area contributed by atoms with Gasteiger partial charge >= 0.3 is 0 Å². The van der Waals surface area contributed by atoms with Gasteiger partial charge in [0.1, 0.15) is 11.7 Å². The van der Waals surface area contributed by atoms with E-state index in [4.69, 9.17) is 17.3 Å². The van der Waals surface area contributed by atoms with Gasteiger partial charge in [0.15, 0.2) is 0 Å². The second-order valence-electron chi connectivity index (χ2n) is 7.38. The van der Waals surface area contributed by atoms with Crippen LogP contribution in [-0.4, -0.2) is 34.1 Å². The number of halogens is 1. The summed E-state index contributed by atoms with van der Waals surface area (Å²) in [4.78, 5) is 25.3. The van der Waals surface area contributed by atoms with Gasteiger partial charge in [0.25, 0.3) is 5.91 Å². The molecule has 0 bridgehead atoms. The fraction of sp³-hybridized carbons (Fsp3) is 0.208. The van der Waals surface area contributed by atoms with Crippen LogP contribution in [0, 0.1) is 0 Å². The highest BCUT2D eigenvalue weighted by molar-refractivity contribution is 6.27. The van der Waals surface area contributed by atoms with E-state index in [1.165, 1.54) is 0 Å². The molecule has 3 aromatic carbocycles. The van der Waals surface area contributed by atoms with Crippen molar-refractivity contribution >= 4 is 45.1 Å². The lowest BCUT2D eigenvalue weighted by molar-refractivity contribution is 0.0932. The van der Waals surface area contributed by atoms with Crippen molar-refractivity contribution in [1.29, 1.82) is 0 Å². The van der Waals surface area contributed by atoms with E-state index in [2.05, 4.69) is 20.3 Å². The molecule has 1 amide bonds. The van der Waals surface area contributed by atoms with Gasteiger partial charge in [-0.2, -0.15) is 0 Å². The number of carbonyl (C=O) groups is 1. The number of nitrogens with one attached hydrogen (secondary N) is 2. The number of benzene rings is 3. The number of amides is 1. The topological polar surface area (TPSA) is 96.2 Å². The Morgan fingerprint density at radius 3 is 2.68 bits per heavy atom. The third-order valence-corrected chi connectivity index (χ3v) is 5.43. The number of amidine groups is 1. The van der Waals surface area contributed by atoms with Gasteiger partial charge in [0.2, 0.25) is 0 Å². The highest BCUT2D eigenvalue weighted by Crippen LogP contribution is 2.22. The third-order valence-electron chi connectivity index (χ3n) is 5.16. The molecule has 0 radical (unpaired) electrons. The summed E-state index contributed by atoms with van der Waals surface area (Å²) >= 11 is 5.68. The standard InChI is InChI=1S/C24H24ClN5O/c25-15-22(26)27-13-5-10-21(23-28-19-8-3-4-9-20(19)29-23)30-24(31)18-12-11-16-6-1-2-7-17(16)14-18/h1-4,6-9,11-12,14,21H,5,10,13,15H2,(H2,26,27)(H,28,29)(H,30,31). The smallest absolute Gasteiger partial charge is 0.251 e. The van der Waals surface area contributed by atoms with Crippen molar-refractivity contribution < 1.29 is 4.79 Å². The van der Waals surface area contributed by atoms with Crippen LogP contribution in [0.1, 0.15) is 35.1 Å². The first kappa shape index (κ1) is 20.9. The monoisotopic (exact) mass is 433 g/mol. The molecule has 0 fully saturated rings. The van der Waals surface area contributed by atoms with Gasteiger partial charge in [-0.3, -0.25) is 9.79 Å². The van der Waals surface area contributed by atoms with E-state index in [0.29, 0.717) is 24.4 Å². The van der Waals surface area contributed by atoms with Crippen LogP contribution in [0.4, 0.5) is 0 Å². The van der Waals surface area contributed by atoms with Gasteiger partial charge in [0.05, 0.1) is 23.0 Å². The quantitative estimate of drug-likeness (QED) is 0.164. The average Bonchev–Trinajstić information content (AvgIpc) is 3.24. The predicted molar refractivity (Wildman–Crippen MR) is 127 cm³/mol. The zero-order chi connectivity index (χ0) is 21.6. The molecule has 0 saturated heterocycles. The van der Waals surface area contributed by atoms with Crippen LogP contribution in [0.5, 0.6) is 0 Å². The molecule has 158 valence electrons. The van der Waals surface area contributed by atoms with E-state index in [1.54, 1.807) is 0 Å². The Hall–Kier alpha value is -3.38. The Labute approximate surface area is 185 Å². The first-order valence-electron chi connectivity index (χ1n) is 10.2. The maximum absolute atomic E-state index is 13.1. The first-order chi connectivity index (χ1) is 15.1. The summed E-state index contributed by atoms with van der Waals surface area (Å²) in [5.74, 6) is 1.22. The number of fused-ring (bicyclic) bond motifs is 2. The molecular formula is C24H24ClN5O. The molecule has 4 aromatic rings. The molecule has 1 unspecified atom stereocenters. The molecule has 1 heterocycles. The minimum Gasteiger partial charge on any atom is -0.386 e. The molecule has 7 heteroatoms. The molecule has 4 N–H and O–H groups in total. The number of aromatic amines is 1. The van der Waals surface area contributed by atoms with Crippen molar-refractivity contribution in [3.8, 4) is 0 Å². The summed E-state index contributed by atoms with van der Waals surface area (Å²) in [6.45, 7) is 0.543. The molecule has 6 nitrogen and oxygen atoms in total. The molecule has 0 aliphatic carbocycles. The Morgan fingerprint density at radius 1 is 1.10 bits per heavy atom. The highest BCUT2D eigenvalue weighted by atomic mass is 35.5. The maximum Gasteiger partial charge on any atom is 0.251 e. The van der Waals surface area contributed by atoms with Crippen LogP contribution < -0.4 is 11.1 Å². The second kappa shape index (κ2) is 9.62. The molecule has 1 atom stereocenters. The molecule has 31 heavy (non-hydrogen) atoms. The Bertz CT molecular complexity index is 1200. The SMILES string of the molecule is NC(CCl)=NCCCC(NC(=O)c1ccc2ccccc2c1)c1nc2ccccc2[nH]1. The molecule has 4 rings (SSSR count). The Kier molecular flexibility index (Phi) is 6.48. The lowest BCUT2D eigenvalue weighted by Crippen LogP contribution is -2.29. The van der Waals surface area contributed by atoms with Gasteiger partial charge < -0.3 is 16.0 Å². The second-order valence-corrected chi connectivity index (χ2v) is 7.64. The van der Waals surface area contributed by atoms with E-state index < -0.39 is 0 Å². The Balaban J connectivity index is 1.55. The predicted octanol–water partition coefficient (Wildman–Crippen LogP) is 4.56. The van der Waals surface area contributed by atoms with Crippen molar-refractivity contribution in [3.05, 3.63) is 78.1 Å². The Morgan fingerprint density at radius 2 is 1.87 bits per heavy atom. The molecule has 0 saturated carbocycles. The number of para-hydroxylation sites is 2. The van der Waals surface area contributed by atoms with Crippen molar-refractivity contribution in [1.82, 2.24) is 15.3 Å². The number of carbonyl (C=O) groups excluding carboxylic acids is 1. The highest BCUT2D eigenvalue weighted by Gasteiger charge is 2.19. The van der Waals surface area contributed by atoms with Gasteiger partial charge in [-0.25, -0.2) is 4.98 Å².